The van der Waals surface area contributed by atoms with Crippen LogP contribution >= 0.6 is 11.6 Å². The van der Waals surface area contributed by atoms with Crippen molar-refractivity contribution in [3.8, 4) is 5.88 Å². The van der Waals surface area contributed by atoms with Crippen molar-refractivity contribution in [2.24, 2.45) is 4.99 Å². The summed E-state index contributed by atoms with van der Waals surface area (Å²) < 4.78 is 1.94. The van der Waals surface area contributed by atoms with Gasteiger partial charge in [-0.25, -0.2) is 9.98 Å². The molecule has 3 aromatic heterocycles. The van der Waals surface area contributed by atoms with Crippen molar-refractivity contribution in [3.63, 3.8) is 0 Å². The van der Waals surface area contributed by atoms with Crippen molar-refractivity contribution in [1.29, 1.82) is 0 Å². The van der Waals surface area contributed by atoms with Gasteiger partial charge in [0, 0.05) is 41.1 Å². The summed E-state index contributed by atoms with van der Waals surface area (Å²) >= 11 is 6.16. The zero-order valence-electron chi connectivity index (χ0n) is 17.7. The second-order valence-corrected chi connectivity index (χ2v) is 8.45. The molecule has 0 saturated heterocycles. The van der Waals surface area contributed by atoms with E-state index < -0.39 is 0 Å². The number of benzene rings is 2. The van der Waals surface area contributed by atoms with Crippen LogP contribution in [0.15, 0.2) is 78.2 Å². The van der Waals surface area contributed by atoms with Crippen LogP contribution in [0.4, 0.5) is 5.69 Å². The summed E-state index contributed by atoms with van der Waals surface area (Å²) in [5.41, 5.74) is 5.76. The van der Waals surface area contributed by atoms with E-state index in [1.54, 1.807) is 12.3 Å². The second kappa shape index (κ2) is 8.15. The Bertz CT molecular complexity index is 1450. The number of imidazole rings is 1. The monoisotopic (exact) mass is 443 g/mol. The predicted octanol–water partition coefficient (Wildman–Crippen LogP) is 5.41. The van der Waals surface area contributed by atoms with Gasteiger partial charge in [-0.3, -0.25) is 0 Å². The Balaban J connectivity index is 1.69. The number of nitrogens with zero attached hydrogens (tertiary/aromatic N) is 4. The number of aliphatic imine (C=N–C) groups is 1. The fourth-order valence-corrected chi connectivity index (χ4v) is 4.06. The van der Waals surface area contributed by atoms with Gasteiger partial charge in [0.05, 0.1) is 22.5 Å². The molecular formula is C25H22ClN5O. The molecule has 0 unspecified atom stereocenters. The van der Waals surface area contributed by atoms with Crippen molar-refractivity contribution >= 4 is 39.6 Å². The van der Waals surface area contributed by atoms with Crippen molar-refractivity contribution in [2.45, 2.75) is 6.54 Å². The smallest absolute Gasteiger partial charge is 0.199 e. The Morgan fingerprint density at radius 2 is 1.94 bits per heavy atom. The Morgan fingerprint density at radius 3 is 2.72 bits per heavy atom. The molecule has 32 heavy (non-hydrogen) atoms. The van der Waals surface area contributed by atoms with Gasteiger partial charge < -0.3 is 19.4 Å². The number of nitrogens with one attached hydrogen (secondary N) is 1. The quantitative estimate of drug-likeness (QED) is 0.357. The highest BCUT2D eigenvalue weighted by Crippen LogP contribution is 2.33. The van der Waals surface area contributed by atoms with Crippen LogP contribution in [0.1, 0.15) is 16.7 Å². The first-order valence-electron chi connectivity index (χ1n) is 10.2. The summed E-state index contributed by atoms with van der Waals surface area (Å²) in [5.74, 6) is 0.0518. The Morgan fingerprint density at radius 1 is 1.12 bits per heavy atom. The van der Waals surface area contributed by atoms with E-state index in [4.69, 9.17) is 16.6 Å². The van der Waals surface area contributed by atoms with E-state index in [0.29, 0.717) is 16.3 Å². The summed E-state index contributed by atoms with van der Waals surface area (Å²) in [6, 6.07) is 17.6. The molecule has 0 aliphatic carbocycles. The highest BCUT2D eigenvalue weighted by molar-refractivity contribution is 6.31. The minimum Gasteiger partial charge on any atom is -0.494 e. The van der Waals surface area contributed by atoms with Crippen LogP contribution in [0.25, 0.3) is 16.6 Å². The van der Waals surface area contributed by atoms with Crippen LogP contribution in [-0.2, 0) is 6.54 Å². The Kier molecular flexibility index (Phi) is 5.17. The summed E-state index contributed by atoms with van der Waals surface area (Å²) in [7, 11) is 4.09. The van der Waals surface area contributed by atoms with Crippen molar-refractivity contribution in [1.82, 2.24) is 19.3 Å². The molecule has 0 aliphatic rings. The highest BCUT2D eigenvalue weighted by atomic mass is 35.5. The van der Waals surface area contributed by atoms with Gasteiger partial charge in [0.1, 0.15) is 5.65 Å². The molecule has 160 valence electrons. The van der Waals surface area contributed by atoms with E-state index in [9.17, 15) is 5.11 Å². The summed E-state index contributed by atoms with van der Waals surface area (Å²) in [6.45, 7) is 0.859. The standard InChI is InChI=1S/C25H22ClN5O/c1-30(2)14-16-3-7-19(8-4-16)28-24(17-5-10-22-27-11-12-31(22)15-17)23-20-9-6-18(26)13-21(20)29-25(23)32/h3-13,15,29,32H,14H2,1-2H3. The van der Waals surface area contributed by atoms with Gasteiger partial charge in [-0.05, 0) is 56.1 Å². The number of fused-ring (bicyclic) bond motifs is 2. The maximum atomic E-state index is 10.8. The van der Waals surface area contributed by atoms with Crippen molar-refractivity contribution in [3.05, 3.63) is 94.9 Å². The fourth-order valence-electron chi connectivity index (χ4n) is 3.89. The first-order valence-corrected chi connectivity index (χ1v) is 10.6. The number of hydrogen-bond donors (Lipinski definition) is 2. The highest BCUT2D eigenvalue weighted by Gasteiger charge is 2.19. The SMILES string of the molecule is CN(C)Cc1ccc(N=C(c2ccc3nccn3c2)c2c(O)[nH]c3cc(Cl)ccc23)cc1. The van der Waals surface area contributed by atoms with Crippen LogP contribution in [-0.4, -0.2) is 44.2 Å². The molecule has 0 aliphatic heterocycles. The third-order valence-electron chi connectivity index (χ3n) is 5.32. The minimum absolute atomic E-state index is 0.0518. The zero-order chi connectivity index (χ0) is 22.2. The molecule has 0 bridgehead atoms. The van der Waals surface area contributed by atoms with Crippen LogP contribution in [0.5, 0.6) is 5.88 Å². The largest absolute Gasteiger partial charge is 0.494 e. The maximum Gasteiger partial charge on any atom is 0.199 e. The third kappa shape index (κ3) is 3.86. The van der Waals surface area contributed by atoms with Gasteiger partial charge in [0.15, 0.2) is 5.88 Å². The van der Waals surface area contributed by atoms with Crippen molar-refractivity contribution < 1.29 is 5.11 Å². The lowest BCUT2D eigenvalue weighted by Gasteiger charge is -2.11. The van der Waals surface area contributed by atoms with E-state index in [2.05, 4.69) is 27.0 Å². The lowest BCUT2D eigenvalue weighted by atomic mass is 10.0. The topological polar surface area (TPSA) is 68.9 Å². The lowest BCUT2D eigenvalue weighted by molar-refractivity contribution is 0.402. The van der Waals surface area contributed by atoms with Crippen LogP contribution in [0, 0.1) is 0 Å². The van der Waals surface area contributed by atoms with E-state index in [-0.39, 0.29) is 5.88 Å². The molecule has 2 aromatic carbocycles. The molecule has 0 amide bonds. The summed E-state index contributed by atoms with van der Waals surface area (Å²) in [5, 5.41) is 12.3. The van der Waals surface area contributed by atoms with Gasteiger partial charge in [-0.15, -0.1) is 0 Å². The fraction of sp³-hybridized carbons (Fsp3) is 0.120. The van der Waals surface area contributed by atoms with Gasteiger partial charge in [0.25, 0.3) is 0 Å². The predicted molar refractivity (Wildman–Crippen MR) is 129 cm³/mol. The average molecular weight is 444 g/mol. The molecular weight excluding hydrogens is 422 g/mol. The van der Waals surface area contributed by atoms with E-state index in [1.807, 2.05) is 67.3 Å². The summed E-state index contributed by atoms with van der Waals surface area (Å²) in [4.78, 5) is 14.5. The molecule has 0 atom stereocenters. The van der Waals surface area contributed by atoms with Gasteiger partial charge in [-0.2, -0.15) is 0 Å². The van der Waals surface area contributed by atoms with E-state index in [0.717, 1.165) is 34.3 Å². The lowest BCUT2D eigenvalue weighted by Crippen LogP contribution is -2.10. The molecule has 0 saturated carbocycles. The number of aromatic hydroxyl groups is 1. The molecule has 5 aromatic rings. The first kappa shape index (κ1) is 20.3. The molecule has 0 spiro atoms. The number of H-pyrrole nitrogens is 1. The molecule has 0 fully saturated rings. The van der Waals surface area contributed by atoms with Crippen molar-refractivity contribution in [2.75, 3.05) is 14.1 Å². The molecule has 5 rings (SSSR count). The van der Waals surface area contributed by atoms with Gasteiger partial charge in [0.2, 0.25) is 0 Å². The number of rotatable bonds is 5. The second-order valence-electron chi connectivity index (χ2n) is 8.01. The van der Waals surface area contributed by atoms with Crippen LogP contribution < -0.4 is 0 Å². The first-order chi connectivity index (χ1) is 15.5. The third-order valence-corrected chi connectivity index (χ3v) is 5.55. The maximum absolute atomic E-state index is 10.8. The van der Waals surface area contributed by atoms with E-state index in [1.165, 1.54) is 5.56 Å². The number of aromatic amines is 1. The number of halogens is 1. The summed E-state index contributed by atoms with van der Waals surface area (Å²) in [6.07, 6.45) is 5.61. The minimum atomic E-state index is 0.0518. The number of pyridine rings is 1. The van der Waals surface area contributed by atoms with Gasteiger partial charge >= 0.3 is 0 Å². The van der Waals surface area contributed by atoms with Crippen LogP contribution in [0.3, 0.4) is 0 Å². The molecule has 0 radical (unpaired) electrons. The molecule has 2 N–H and O–H groups in total. The molecule has 7 heteroatoms. The number of aromatic nitrogens is 3. The number of hydrogen-bond acceptors (Lipinski definition) is 4. The Hall–Kier alpha value is -3.61. The van der Waals surface area contributed by atoms with E-state index >= 15 is 0 Å². The van der Waals surface area contributed by atoms with Gasteiger partial charge in [-0.1, -0.05) is 29.8 Å². The van der Waals surface area contributed by atoms with Crippen LogP contribution in [0.2, 0.25) is 5.02 Å². The zero-order valence-corrected chi connectivity index (χ0v) is 18.5. The normalized spacial score (nSPS) is 12.3. The molecule has 6 nitrogen and oxygen atoms in total. The Labute approximate surface area is 190 Å². The molecule has 3 heterocycles. The average Bonchev–Trinajstić information content (AvgIpc) is 3.35.